The van der Waals surface area contributed by atoms with Crippen LogP contribution in [0.5, 0.6) is 5.75 Å². The van der Waals surface area contributed by atoms with E-state index in [1.54, 1.807) is 7.11 Å². The average Bonchev–Trinajstić information content (AvgIpc) is 2.50. The third-order valence-corrected chi connectivity index (χ3v) is 5.20. The van der Waals surface area contributed by atoms with Crippen LogP contribution in [0.4, 0.5) is 5.69 Å². The van der Waals surface area contributed by atoms with Crippen LogP contribution in [0, 0.1) is 0 Å². The summed E-state index contributed by atoms with van der Waals surface area (Å²) in [6.45, 7) is 11.3. The van der Waals surface area contributed by atoms with Gasteiger partial charge in [0.15, 0.2) is 0 Å². The van der Waals surface area contributed by atoms with Crippen LogP contribution >= 0.6 is 24.0 Å². The second-order valence-electron chi connectivity index (χ2n) is 7.17. The van der Waals surface area contributed by atoms with Crippen molar-refractivity contribution < 1.29 is 4.74 Å². The highest BCUT2D eigenvalue weighted by Crippen LogP contribution is 2.35. The Kier molecular flexibility index (Phi) is 6.05. The molecule has 0 aliphatic carbocycles. The maximum Gasteiger partial charge on any atom is 0.139 e. The molecule has 126 valence electrons. The monoisotopic (exact) mass is 346 g/mol. The number of hydrogen-bond donors (Lipinski definition) is 0. The number of rotatable bonds is 2. The zero-order chi connectivity index (χ0) is 15.8. The molecule has 0 amide bonds. The van der Waals surface area contributed by atoms with Crippen LogP contribution in [-0.4, -0.2) is 43.2 Å². The minimum atomic E-state index is 0. The second-order valence-corrected chi connectivity index (χ2v) is 7.58. The Labute approximate surface area is 146 Å². The summed E-state index contributed by atoms with van der Waals surface area (Å²) in [6, 6.07) is 6.04. The van der Waals surface area contributed by atoms with E-state index >= 15 is 0 Å². The second kappa shape index (κ2) is 6.86. The molecule has 22 heavy (non-hydrogen) atoms. The molecule has 3 nitrogen and oxygen atoms in total. The van der Waals surface area contributed by atoms with E-state index in [1.165, 1.54) is 5.69 Å². The lowest BCUT2D eigenvalue weighted by Gasteiger charge is -2.44. The highest BCUT2D eigenvalue weighted by Gasteiger charge is 2.39. The number of nitrogens with zero attached hydrogens (tertiary/aromatic N) is 2. The maximum atomic E-state index is 6.14. The largest absolute Gasteiger partial charge is 0.495 e. The van der Waals surface area contributed by atoms with Crippen LogP contribution in [0.1, 0.15) is 34.1 Å². The van der Waals surface area contributed by atoms with Crippen molar-refractivity contribution in [1.82, 2.24) is 4.90 Å². The number of halogens is 2. The van der Waals surface area contributed by atoms with Gasteiger partial charge in [0.25, 0.3) is 0 Å². The Hall–Kier alpha value is -0.640. The van der Waals surface area contributed by atoms with Gasteiger partial charge in [0.05, 0.1) is 12.1 Å². The zero-order valence-corrected chi connectivity index (χ0v) is 16.0. The lowest BCUT2D eigenvalue weighted by molar-refractivity contribution is 0.0590. The van der Waals surface area contributed by atoms with Gasteiger partial charge < -0.3 is 9.64 Å². The summed E-state index contributed by atoms with van der Waals surface area (Å²) in [5, 5.41) is 0.660. The molecule has 0 spiro atoms. The third-order valence-electron chi connectivity index (χ3n) is 4.89. The lowest BCUT2D eigenvalue weighted by Crippen LogP contribution is -2.54. The summed E-state index contributed by atoms with van der Waals surface area (Å²) < 4.78 is 5.35. The molecular formula is C17H28Cl2N2O. The molecule has 2 rings (SSSR count). The number of methoxy groups -OCH3 is 1. The number of likely N-dealkylation sites (N-methyl/N-ethyl adjacent to an activating group) is 1. The maximum absolute atomic E-state index is 6.14. The molecule has 1 fully saturated rings. The molecule has 0 bridgehead atoms. The molecule has 1 aliphatic heterocycles. The van der Waals surface area contributed by atoms with E-state index in [2.05, 4.69) is 50.6 Å². The fourth-order valence-corrected chi connectivity index (χ4v) is 3.31. The Morgan fingerprint density at radius 3 is 2.36 bits per heavy atom. The predicted octanol–water partition coefficient (Wildman–Crippen LogP) is 4.47. The van der Waals surface area contributed by atoms with Crippen LogP contribution in [-0.2, 0) is 0 Å². The van der Waals surface area contributed by atoms with Crippen LogP contribution in [0.15, 0.2) is 18.2 Å². The third kappa shape index (κ3) is 3.81. The molecule has 0 saturated carbocycles. The molecule has 1 saturated heterocycles. The van der Waals surface area contributed by atoms with Gasteiger partial charge in [-0.25, -0.2) is 0 Å². The van der Waals surface area contributed by atoms with E-state index in [4.69, 9.17) is 16.3 Å². The van der Waals surface area contributed by atoms with Gasteiger partial charge in [-0.3, -0.25) is 4.90 Å². The quantitative estimate of drug-likeness (QED) is 0.785. The average molecular weight is 347 g/mol. The first-order valence-electron chi connectivity index (χ1n) is 7.50. The summed E-state index contributed by atoms with van der Waals surface area (Å²) in [7, 11) is 3.89. The van der Waals surface area contributed by atoms with Crippen molar-refractivity contribution >= 4 is 29.7 Å². The van der Waals surface area contributed by atoms with Gasteiger partial charge in [-0.05, 0) is 53.3 Å². The first-order chi connectivity index (χ1) is 9.67. The topological polar surface area (TPSA) is 15.7 Å². The first kappa shape index (κ1) is 19.4. The van der Waals surface area contributed by atoms with Crippen molar-refractivity contribution in [2.75, 3.05) is 32.1 Å². The Morgan fingerprint density at radius 1 is 1.14 bits per heavy atom. The van der Waals surface area contributed by atoms with Crippen molar-refractivity contribution in [3.05, 3.63) is 23.2 Å². The van der Waals surface area contributed by atoms with Crippen molar-refractivity contribution in [3.8, 4) is 5.75 Å². The van der Waals surface area contributed by atoms with Gasteiger partial charge in [0.1, 0.15) is 5.75 Å². The van der Waals surface area contributed by atoms with E-state index in [0.29, 0.717) is 5.02 Å². The Bertz CT molecular complexity index is 517. The lowest BCUT2D eigenvalue weighted by atomic mass is 9.93. The summed E-state index contributed by atoms with van der Waals surface area (Å²) >= 11 is 6.14. The summed E-state index contributed by atoms with van der Waals surface area (Å²) in [4.78, 5) is 4.93. The standard InChI is InChI=1S/C17H27ClN2O.ClH/c1-16(2)9-10-20(12-17(3,4)19(16)5)13-7-8-14(18)15(11-13)21-6;/h7-8,11H,9-10,12H2,1-6H3;1H. The highest BCUT2D eigenvalue weighted by molar-refractivity contribution is 6.32. The number of benzene rings is 1. The number of anilines is 1. The van der Waals surface area contributed by atoms with E-state index in [0.717, 1.165) is 25.3 Å². The van der Waals surface area contributed by atoms with E-state index in [-0.39, 0.29) is 23.5 Å². The Morgan fingerprint density at radius 2 is 1.77 bits per heavy atom. The molecule has 1 aliphatic rings. The smallest absolute Gasteiger partial charge is 0.139 e. The van der Waals surface area contributed by atoms with Gasteiger partial charge in [0.2, 0.25) is 0 Å². The highest BCUT2D eigenvalue weighted by atomic mass is 35.5. The minimum absolute atomic E-state index is 0. The summed E-state index contributed by atoms with van der Waals surface area (Å²) in [5.74, 6) is 0.740. The fraction of sp³-hybridized carbons (Fsp3) is 0.647. The fourth-order valence-electron chi connectivity index (χ4n) is 3.11. The summed E-state index contributed by atoms with van der Waals surface area (Å²) in [5.41, 5.74) is 1.47. The normalized spacial score (nSPS) is 21.0. The van der Waals surface area contributed by atoms with Crippen molar-refractivity contribution in [3.63, 3.8) is 0 Å². The van der Waals surface area contributed by atoms with Gasteiger partial charge in [-0.2, -0.15) is 0 Å². The molecular weight excluding hydrogens is 319 g/mol. The van der Waals surface area contributed by atoms with Crippen LogP contribution in [0.3, 0.4) is 0 Å². The first-order valence-corrected chi connectivity index (χ1v) is 7.87. The van der Waals surface area contributed by atoms with E-state index in [1.807, 2.05) is 12.1 Å². The number of ether oxygens (including phenoxy) is 1. The molecule has 0 aromatic heterocycles. The van der Waals surface area contributed by atoms with Gasteiger partial charge in [0, 0.05) is 35.9 Å². The molecule has 1 aromatic carbocycles. The zero-order valence-electron chi connectivity index (χ0n) is 14.4. The van der Waals surface area contributed by atoms with Crippen molar-refractivity contribution in [2.45, 2.75) is 45.2 Å². The predicted molar refractivity (Wildman–Crippen MR) is 98.0 cm³/mol. The van der Waals surface area contributed by atoms with E-state index in [9.17, 15) is 0 Å². The van der Waals surface area contributed by atoms with Crippen LogP contribution in [0.2, 0.25) is 5.02 Å². The van der Waals surface area contributed by atoms with Crippen molar-refractivity contribution in [1.29, 1.82) is 0 Å². The number of hydrogen-bond acceptors (Lipinski definition) is 3. The molecule has 0 atom stereocenters. The van der Waals surface area contributed by atoms with Gasteiger partial charge in [-0.1, -0.05) is 11.6 Å². The van der Waals surface area contributed by atoms with Crippen molar-refractivity contribution in [2.24, 2.45) is 0 Å². The van der Waals surface area contributed by atoms with Gasteiger partial charge in [-0.15, -0.1) is 12.4 Å². The molecule has 0 N–H and O–H groups in total. The summed E-state index contributed by atoms with van der Waals surface area (Å²) in [6.07, 6.45) is 1.12. The SMILES string of the molecule is COc1cc(N2CCC(C)(C)N(C)C(C)(C)C2)ccc1Cl.Cl. The Balaban J connectivity index is 0.00000242. The van der Waals surface area contributed by atoms with Gasteiger partial charge >= 0.3 is 0 Å². The molecule has 0 radical (unpaired) electrons. The molecule has 5 heteroatoms. The van der Waals surface area contributed by atoms with E-state index < -0.39 is 0 Å². The molecule has 1 heterocycles. The molecule has 0 unspecified atom stereocenters. The van der Waals surface area contributed by atoms with Crippen LogP contribution < -0.4 is 9.64 Å². The minimum Gasteiger partial charge on any atom is -0.495 e. The molecule has 1 aromatic rings. The van der Waals surface area contributed by atoms with Crippen LogP contribution in [0.25, 0.3) is 0 Å².